The summed E-state index contributed by atoms with van der Waals surface area (Å²) in [6.07, 6.45) is 0. The molecule has 6 heteroatoms. The monoisotopic (exact) mass is 396 g/mol. The molecule has 1 aliphatic rings. The SMILES string of the molecule is Cc1ccc(C)c(NC(=O)[C@H](c2ccccc2)[NH+](C)CC(=O)N2CCOCC2)c1. The predicted molar refractivity (Wildman–Crippen MR) is 113 cm³/mol. The van der Waals surface area contributed by atoms with Gasteiger partial charge in [-0.2, -0.15) is 0 Å². The van der Waals surface area contributed by atoms with E-state index in [0.29, 0.717) is 26.3 Å². The van der Waals surface area contributed by atoms with Crippen molar-refractivity contribution in [2.24, 2.45) is 0 Å². The summed E-state index contributed by atoms with van der Waals surface area (Å²) >= 11 is 0. The Morgan fingerprint density at radius 1 is 1.10 bits per heavy atom. The van der Waals surface area contributed by atoms with Crippen LogP contribution < -0.4 is 10.2 Å². The standard InChI is InChI=1S/C23H29N3O3/c1-17-9-10-18(2)20(15-17)24-23(28)22(19-7-5-4-6-8-19)25(3)16-21(27)26-11-13-29-14-12-26/h4-10,15,22H,11-14,16H2,1-3H3,(H,24,28)/p+1/t22-/m0/s1. The Balaban J connectivity index is 1.79. The Hall–Kier alpha value is -2.70. The maximum Gasteiger partial charge on any atom is 0.287 e. The van der Waals surface area contributed by atoms with E-state index in [1.54, 1.807) is 0 Å². The van der Waals surface area contributed by atoms with Crippen LogP contribution in [0.1, 0.15) is 22.7 Å². The van der Waals surface area contributed by atoms with Gasteiger partial charge in [-0.3, -0.25) is 9.59 Å². The minimum Gasteiger partial charge on any atom is -0.378 e. The van der Waals surface area contributed by atoms with Crippen molar-refractivity contribution in [1.29, 1.82) is 0 Å². The first-order valence-corrected chi connectivity index (χ1v) is 10.1. The third-order valence-corrected chi connectivity index (χ3v) is 5.33. The zero-order valence-electron chi connectivity index (χ0n) is 17.4. The number of benzene rings is 2. The molecule has 0 saturated carbocycles. The summed E-state index contributed by atoms with van der Waals surface area (Å²) in [6, 6.07) is 15.2. The average Bonchev–Trinajstić information content (AvgIpc) is 2.72. The highest BCUT2D eigenvalue weighted by atomic mass is 16.5. The van der Waals surface area contributed by atoms with E-state index in [9.17, 15) is 9.59 Å². The zero-order chi connectivity index (χ0) is 20.8. The molecule has 1 fully saturated rings. The molecule has 2 amide bonds. The molecule has 0 aromatic heterocycles. The van der Waals surface area contributed by atoms with Crippen LogP contribution in [0.25, 0.3) is 0 Å². The maximum atomic E-state index is 13.3. The number of quaternary nitrogens is 1. The molecule has 6 nitrogen and oxygen atoms in total. The van der Waals surface area contributed by atoms with E-state index in [-0.39, 0.29) is 18.4 Å². The molecule has 1 aliphatic heterocycles. The fraction of sp³-hybridized carbons (Fsp3) is 0.391. The summed E-state index contributed by atoms with van der Waals surface area (Å²) in [7, 11) is 1.90. The van der Waals surface area contributed by atoms with Crippen LogP contribution in [0.3, 0.4) is 0 Å². The fourth-order valence-corrected chi connectivity index (χ4v) is 3.65. The number of likely N-dealkylation sites (N-methyl/N-ethyl adjacent to an activating group) is 1. The summed E-state index contributed by atoms with van der Waals surface area (Å²) < 4.78 is 5.33. The number of nitrogens with one attached hydrogen (secondary N) is 2. The van der Waals surface area contributed by atoms with Gasteiger partial charge < -0.3 is 19.9 Å². The lowest BCUT2D eigenvalue weighted by Crippen LogP contribution is -3.11. The molecule has 1 heterocycles. The summed E-state index contributed by atoms with van der Waals surface area (Å²) in [5, 5.41) is 3.08. The van der Waals surface area contributed by atoms with Gasteiger partial charge in [0.1, 0.15) is 0 Å². The van der Waals surface area contributed by atoms with E-state index in [4.69, 9.17) is 4.74 Å². The van der Waals surface area contributed by atoms with Crippen molar-refractivity contribution in [1.82, 2.24) is 4.90 Å². The Morgan fingerprint density at radius 3 is 2.48 bits per heavy atom. The molecule has 154 valence electrons. The van der Waals surface area contributed by atoms with Gasteiger partial charge in [-0.15, -0.1) is 0 Å². The smallest absolute Gasteiger partial charge is 0.287 e. The Morgan fingerprint density at radius 2 is 1.79 bits per heavy atom. The molecular formula is C23H30N3O3+. The Kier molecular flexibility index (Phi) is 7.01. The lowest BCUT2D eigenvalue weighted by atomic mass is 10.0. The van der Waals surface area contributed by atoms with Crippen LogP contribution in [0.5, 0.6) is 0 Å². The lowest BCUT2D eigenvalue weighted by molar-refractivity contribution is -0.894. The third kappa shape index (κ3) is 5.43. The van der Waals surface area contributed by atoms with E-state index in [1.165, 1.54) is 0 Å². The fourth-order valence-electron chi connectivity index (χ4n) is 3.65. The Bertz CT molecular complexity index is 848. The number of ether oxygens (including phenoxy) is 1. The molecule has 1 unspecified atom stereocenters. The minimum absolute atomic E-state index is 0.0475. The normalized spacial score (nSPS) is 16.2. The van der Waals surface area contributed by atoms with Crippen LogP contribution in [0, 0.1) is 13.8 Å². The first-order valence-electron chi connectivity index (χ1n) is 10.1. The summed E-state index contributed by atoms with van der Waals surface area (Å²) in [5.74, 6) is -0.0663. The second-order valence-corrected chi connectivity index (χ2v) is 7.67. The number of aryl methyl sites for hydroxylation is 2. The molecule has 0 aliphatic carbocycles. The number of amides is 2. The number of hydrogen-bond donors (Lipinski definition) is 2. The summed E-state index contributed by atoms with van der Waals surface area (Å²) in [6.45, 7) is 6.58. The summed E-state index contributed by atoms with van der Waals surface area (Å²) in [5.41, 5.74) is 3.80. The van der Waals surface area contributed by atoms with Crippen molar-refractivity contribution in [3.8, 4) is 0 Å². The number of carbonyl (C=O) groups excluding carboxylic acids is 2. The molecule has 0 spiro atoms. The third-order valence-electron chi connectivity index (χ3n) is 5.33. The quantitative estimate of drug-likeness (QED) is 0.775. The van der Waals surface area contributed by atoms with Crippen molar-refractivity contribution in [3.63, 3.8) is 0 Å². The Labute approximate surface area is 172 Å². The van der Waals surface area contributed by atoms with Gasteiger partial charge in [-0.05, 0) is 31.0 Å². The van der Waals surface area contributed by atoms with Gasteiger partial charge in [0.05, 0.1) is 20.3 Å². The molecule has 3 rings (SSSR count). The highest BCUT2D eigenvalue weighted by Gasteiger charge is 2.32. The molecular weight excluding hydrogens is 366 g/mol. The summed E-state index contributed by atoms with van der Waals surface area (Å²) in [4.78, 5) is 28.7. The van der Waals surface area contributed by atoms with Gasteiger partial charge in [0, 0.05) is 24.3 Å². The van der Waals surface area contributed by atoms with Gasteiger partial charge >= 0.3 is 0 Å². The van der Waals surface area contributed by atoms with Crippen LogP contribution >= 0.6 is 0 Å². The van der Waals surface area contributed by atoms with Crippen molar-refractivity contribution in [2.75, 3.05) is 45.2 Å². The number of hydrogen-bond acceptors (Lipinski definition) is 3. The van der Waals surface area contributed by atoms with Gasteiger partial charge in [0.2, 0.25) is 0 Å². The van der Waals surface area contributed by atoms with Crippen LogP contribution in [0.15, 0.2) is 48.5 Å². The molecule has 1 saturated heterocycles. The lowest BCUT2D eigenvalue weighted by Gasteiger charge is -2.30. The molecule has 2 aromatic carbocycles. The largest absolute Gasteiger partial charge is 0.378 e. The van der Waals surface area contributed by atoms with E-state index in [2.05, 4.69) is 5.32 Å². The second kappa shape index (κ2) is 9.67. The van der Waals surface area contributed by atoms with Gasteiger partial charge in [0.25, 0.3) is 11.8 Å². The van der Waals surface area contributed by atoms with Gasteiger partial charge in [-0.1, -0.05) is 42.5 Å². The maximum absolute atomic E-state index is 13.3. The predicted octanol–water partition coefficient (Wildman–Crippen LogP) is 1.36. The second-order valence-electron chi connectivity index (χ2n) is 7.67. The van der Waals surface area contributed by atoms with E-state index < -0.39 is 6.04 Å². The van der Waals surface area contributed by atoms with Crippen LogP contribution in [0.2, 0.25) is 0 Å². The molecule has 2 N–H and O–H groups in total. The number of anilines is 1. The number of rotatable bonds is 6. The first-order chi connectivity index (χ1) is 14.0. The van der Waals surface area contributed by atoms with Crippen molar-refractivity contribution < 1.29 is 19.2 Å². The molecule has 2 atom stereocenters. The number of nitrogens with zero attached hydrogens (tertiary/aromatic N) is 1. The molecule has 2 aromatic rings. The minimum atomic E-state index is -0.485. The molecule has 29 heavy (non-hydrogen) atoms. The van der Waals surface area contributed by atoms with E-state index in [0.717, 1.165) is 27.3 Å². The number of morpholine rings is 1. The van der Waals surface area contributed by atoms with Crippen molar-refractivity contribution in [2.45, 2.75) is 19.9 Å². The van der Waals surface area contributed by atoms with E-state index >= 15 is 0 Å². The van der Waals surface area contributed by atoms with Crippen molar-refractivity contribution >= 4 is 17.5 Å². The average molecular weight is 397 g/mol. The van der Waals surface area contributed by atoms with Crippen LogP contribution in [-0.2, 0) is 14.3 Å². The highest BCUT2D eigenvalue weighted by Crippen LogP contribution is 2.19. The van der Waals surface area contributed by atoms with Crippen LogP contribution in [0.4, 0.5) is 5.69 Å². The topological polar surface area (TPSA) is 63.1 Å². The molecule has 0 radical (unpaired) electrons. The van der Waals surface area contributed by atoms with E-state index in [1.807, 2.05) is 74.3 Å². The highest BCUT2D eigenvalue weighted by molar-refractivity contribution is 5.95. The van der Waals surface area contributed by atoms with Crippen molar-refractivity contribution in [3.05, 3.63) is 65.2 Å². The van der Waals surface area contributed by atoms with Gasteiger partial charge in [-0.25, -0.2) is 0 Å². The first kappa shape index (κ1) is 21.0. The number of carbonyl (C=O) groups is 2. The molecule has 0 bridgehead atoms. The van der Waals surface area contributed by atoms with Gasteiger partial charge in [0.15, 0.2) is 12.6 Å². The zero-order valence-corrected chi connectivity index (χ0v) is 17.4. The van der Waals surface area contributed by atoms with Crippen LogP contribution in [-0.4, -0.2) is 56.6 Å².